The summed E-state index contributed by atoms with van der Waals surface area (Å²) in [6.45, 7) is 8.44. The molecule has 2 atom stereocenters. The SMILES string of the molecule is Cc1cc([C@@H]2CN(C(=O)C(N)C(C)(C)C)CCN2C(=O)O)n(-c2ccccc2)n1.Cl. The average Bonchev–Trinajstić information content (AvgIpc) is 3.08. The molecule has 2 aromatic rings. The van der Waals surface area contributed by atoms with E-state index < -0.39 is 18.2 Å². The molecule has 0 radical (unpaired) electrons. The van der Waals surface area contributed by atoms with E-state index in [4.69, 9.17) is 5.73 Å². The summed E-state index contributed by atoms with van der Waals surface area (Å²) < 4.78 is 1.76. The van der Waals surface area contributed by atoms with Crippen molar-refractivity contribution in [1.82, 2.24) is 19.6 Å². The molecule has 3 N–H and O–H groups in total. The van der Waals surface area contributed by atoms with Crippen molar-refractivity contribution in [3.05, 3.63) is 47.8 Å². The number of rotatable bonds is 3. The molecule has 0 aliphatic carbocycles. The number of benzene rings is 1. The van der Waals surface area contributed by atoms with Crippen molar-refractivity contribution in [2.75, 3.05) is 19.6 Å². The van der Waals surface area contributed by atoms with Crippen LogP contribution in [0.25, 0.3) is 5.69 Å². The average molecular weight is 436 g/mol. The molecule has 3 rings (SSSR count). The molecule has 0 spiro atoms. The van der Waals surface area contributed by atoms with E-state index in [1.54, 1.807) is 9.58 Å². The number of aromatic nitrogens is 2. The van der Waals surface area contributed by atoms with Crippen molar-refractivity contribution < 1.29 is 14.7 Å². The first-order valence-corrected chi connectivity index (χ1v) is 9.75. The van der Waals surface area contributed by atoms with Crippen LogP contribution in [0, 0.1) is 12.3 Å². The number of halogens is 1. The predicted molar refractivity (Wildman–Crippen MR) is 117 cm³/mol. The standard InChI is InChI=1S/C21H29N5O3.ClH/c1-14-12-16(26(23-14)15-8-6-5-7-9-15)17-13-24(10-11-25(17)20(28)29)19(27)18(22)21(2,3)4;/h5-9,12,17-18H,10-11,13,22H2,1-4H3,(H,28,29);1H/t17-,18?;/m0./s1. The molecule has 1 fully saturated rings. The molecule has 8 nitrogen and oxygen atoms in total. The summed E-state index contributed by atoms with van der Waals surface area (Å²) in [7, 11) is 0. The Balaban J connectivity index is 0.00000320. The van der Waals surface area contributed by atoms with Crippen LogP contribution in [-0.4, -0.2) is 62.4 Å². The quantitative estimate of drug-likeness (QED) is 0.771. The highest BCUT2D eigenvalue weighted by Gasteiger charge is 2.39. The zero-order valence-corrected chi connectivity index (χ0v) is 18.6. The minimum absolute atomic E-state index is 0. The lowest BCUT2D eigenvalue weighted by Crippen LogP contribution is -2.57. The Labute approximate surface area is 183 Å². The molecule has 1 aromatic carbocycles. The summed E-state index contributed by atoms with van der Waals surface area (Å²) in [6.07, 6.45) is -1.01. The van der Waals surface area contributed by atoms with E-state index in [-0.39, 0.29) is 36.8 Å². The number of amides is 2. The van der Waals surface area contributed by atoms with Crippen molar-refractivity contribution in [3.8, 4) is 5.69 Å². The number of nitrogens with zero attached hydrogens (tertiary/aromatic N) is 4. The summed E-state index contributed by atoms with van der Waals surface area (Å²) in [4.78, 5) is 28.0. The monoisotopic (exact) mass is 435 g/mol. The van der Waals surface area contributed by atoms with E-state index in [0.29, 0.717) is 6.54 Å². The Morgan fingerprint density at radius 3 is 2.40 bits per heavy atom. The maximum Gasteiger partial charge on any atom is 0.407 e. The zero-order chi connectivity index (χ0) is 21.3. The van der Waals surface area contributed by atoms with Gasteiger partial charge in [-0.25, -0.2) is 9.48 Å². The van der Waals surface area contributed by atoms with Gasteiger partial charge in [-0.2, -0.15) is 5.10 Å². The fourth-order valence-corrected chi connectivity index (χ4v) is 3.57. The Kier molecular flexibility index (Phi) is 7.15. The summed E-state index contributed by atoms with van der Waals surface area (Å²) in [5.74, 6) is -0.157. The topological polar surface area (TPSA) is 105 Å². The number of carboxylic acid groups (broad SMARTS) is 1. The van der Waals surface area contributed by atoms with Gasteiger partial charge in [0.05, 0.1) is 29.2 Å². The minimum Gasteiger partial charge on any atom is -0.465 e. The second-order valence-electron chi connectivity index (χ2n) is 8.58. The Morgan fingerprint density at radius 2 is 1.83 bits per heavy atom. The third-order valence-electron chi connectivity index (χ3n) is 5.34. The van der Waals surface area contributed by atoms with Gasteiger partial charge in [0.1, 0.15) is 0 Å². The largest absolute Gasteiger partial charge is 0.465 e. The van der Waals surface area contributed by atoms with Gasteiger partial charge >= 0.3 is 6.09 Å². The first-order chi connectivity index (χ1) is 13.6. The second kappa shape index (κ2) is 9.06. The molecule has 1 saturated heterocycles. The van der Waals surface area contributed by atoms with Crippen LogP contribution < -0.4 is 5.73 Å². The van der Waals surface area contributed by atoms with E-state index in [1.165, 1.54) is 4.90 Å². The Hall–Kier alpha value is -2.58. The molecule has 2 amide bonds. The predicted octanol–water partition coefficient (Wildman–Crippen LogP) is 2.84. The fourth-order valence-electron chi connectivity index (χ4n) is 3.57. The van der Waals surface area contributed by atoms with Gasteiger partial charge in [0.25, 0.3) is 0 Å². The van der Waals surface area contributed by atoms with Gasteiger partial charge in [-0.1, -0.05) is 39.0 Å². The lowest BCUT2D eigenvalue weighted by Gasteiger charge is -2.42. The fraction of sp³-hybridized carbons (Fsp3) is 0.476. The summed E-state index contributed by atoms with van der Waals surface area (Å²) in [6, 6.07) is 10.3. The minimum atomic E-state index is -1.01. The van der Waals surface area contributed by atoms with Crippen LogP contribution in [0.5, 0.6) is 0 Å². The third-order valence-corrected chi connectivity index (χ3v) is 5.34. The number of hydrogen-bond donors (Lipinski definition) is 2. The smallest absolute Gasteiger partial charge is 0.407 e. The van der Waals surface area contributed by atoms with Crippen molar-refractivity contribution in [2.24, 2.45) is 11.1 Å². The highest BCUT2D eigenvalue weighted by atomic mass is 35.5. The summed E-state index contributed by atoms with van der Waals surface area (Å²) in [5, 5.41) is 14.3. The maximum absolute atomic E-state index is 13.0. The van der Waals surface area contributed by atoms with Gasteiger partial charge in [0.2, 0.25) is 5.91 Å². The summed E-state index contributed by atoms with van der Waals surface area (Å²) in [5.41, 5.74) is 8.17. The van der Waals surface area contributed by atoms with Crippen LogP contribution in [0.15, 0.2) is 36.4 Å². The van der Waals surface area contributed by atoms with E-state index in [0.717, 1.165) is 17.1 Å². The second-order valence-corrected chi connectivity index (χ2v) is 8.58. The van der Waals surface area contributed by atoms with Crippen LogP contribution >= 0.6 is 12.4 Å². The molecule has 0 saturated carbocycles. The van der Waals surface area contributed by atoms with Gasteiger partial charge in [-0.15, -0.1) is 12.4 Å². The highest BCUT2D eigenvalue weighted by Crippen LogP contribution is 2.29. The molecule has 1 aliphatic rings. The normalized spacial score (nSPS) is 18.0. The number of nitrogens with two attached hydrogens (primary N) is 1. The molecule has 0 bridgehead atoms. The van der Waals surface area contributed by atoms with E-state index in [1.807, 2.05) is 64.1 Å². The third kappa shape index (κ3) is 4.76. The number of aryl methyl sites for hydroxylation is 1. The van der Waals surface area contributed by atoms with E-state index in [2.05, 4.69) is 5.10 Å². The molecule has 1 aromatic heterocycles. The number of para-hydroxylation sites is 1. The van der Waals surface area contributed by atoms with Crippen LogP contribution in [0.4, 0.5) is 4.79 Å². The van der Waals surface area contributed by atoms with Crippen LogP contribution in [0.2, 0.25) is 0 Å². The van der Waals surface area contributed by atoms with Gasteiger partial charge in [-0.3, -0.25) is 9.69 Å². The molecule has 9 heteroatoms. The highest BCUT2D eigenvalue weighted by molar-refractivity contribution is 5.85. The number of carbonyl (C=O) groups is 2. The van der Waals surface area contributed by atoms with Crippen molar-refractivity contribution in [3.63, 3.8) is 0 Å². The van der Waals surface area contributed by atoms with Crippen molar-refractivity contribution >= 4 is 24.4 Å². The number of piperazine rings is 1. The molecule has 1 aliphatic heterocycles. The van der Waals surface area contributed by atoms with Gasteiger partial charge < -0.3 is 15.7 Å². The van der Waals surface area contributed by atoms with Gasteiger partial charge in [0, 0.05) is 19.6 Å². The first kappa shape index (κ1) is 23.7. The number of carbonyl (C=O) groups excluding carboxylic acids is 1. The van der Waals surface area contributed by atoms with Crippen LogP contribution in [0.1, 0.15) is 38.2 Å². The molecule has 2 heterocycles. The van der Waals surface area contributed by atoms with Crippen LogP contribution in [0.3, 0.4) is 0 Å². The van der Waals surface area contributed by atoms with Gasteiger partial charge in [-0.05, 0) is 30.5 Å². The van der Waals surface area contributed by atoms with Crippen molar-refractivity contribution in [1.29, 1.82) is 0 Å². The number of hydrogen-bond acceptors (Lipinski definition) is 4. The summed E-state index contributed by atoms with van der Waals surface area (Å²) >= 11 is 0. The van der Waals surface area contributed by atoms with E-state index in [9.17, 15) is 14.7 Å². The Morgan fingerprint density at radius 1 is 1.20 bits per heavy atom. The first-order valence-electron chi connectivity index (χ1n) is 9.75. The van der Waals surface area contributed by atoms with E-state index >= 15 is 0 Å². The molecule has 30 heavy (non-hydrogen) atoms. The maximum atomic E-state index is 13.0. The lowest BCUT2D eigenvalue weighted by molar-refractivity contribution is -0.137. The van der Waals surface area contributed by atoms with Gasteiger partial charge in [0.15, 0.2) is 0 Å². The molecule has 1 unspecified atom stereocenters. The van der Waals surface area contributed by atoms with Crippen molar-refractivity contribution in [2.45, 2.75) is 39.8 Å². The molecular weight excluding hydrogens is 406 g/mol. The zero-order valence-electron chi connectivity index (χ0n) is 17.8. The molecular formula is C21H30ClN5O3. The lowest BCUT2D eigenvalue weighted by atomic mass is 9.86. The Bertz CT molecular complexity index is 894. The van der Waals surface area contributed by atoms with Crippen LogP contribution in [-0.2, 0) is 4.79 Å². The molecule has 164 valence electrons.